The van der Waals surface area contributed by atoms with E-state index in [2.05, 4.69) is 40.7 Å². The van der Waals surface area contributed by atoms with Crippen LogP contribution in [-0.4, -0.2) is 13.7 Å². The molecular weight excluding hydrogens is 340 g/mol. The Morgan fingerprint density at radius 3 is 2.35 bits per heavy atom. The van der Waals surface area contributed by atoms with Gasteiger partial charge in [0.25, 0.3) is 0 Å². The molecule has 0 heterocycles. The molecule has 1 aliphatic rings. The Balaban J connectivity index is 2.61. The summed E-state index contributed by atoms with van der Waals surface area (Å²) in [6.07, 6.45) is 6.88. The van der Waals surface area contributed by atoms with Crippen molar-refractivity contribution < 1.29 is 8.42 Å². The lowest BCUT2D eigenvalue weighted by molar-refractivity contribution is 0.353. The molecule has 0 fully saturated rings. The molecule has 0 N–H and O–H groups in total. The number of hydrogen-bond acceptors (Lipinski definition) is 2. The standard InChI is InChI=1S/C23H34O2S/c1-7-9-18(3)16-21(22-19(4)10-8-15-23(22,5)6)26(24,25)20-13-11-17(2)12-14-20/h9,11-14,21H,7-8,10,15-16H2,1-6H3/b18-9+. The third-order valence-corrected chi connectivity index (χ3v) is 7.73. The molecule has 1 aromatic rings. The molecule has 1 unspecified atom stereocenters. The van der Waals surface area contributed by atoms with E-state index in [9.17, 15) is 8.42 Å². The van der Waals surface area contributed by atoms with Gasteiger partial charge in [0.2, 0.25) is 0 Å². The zero-order valence-electron chi connectivity index (χ0n) is 17.2. The summed E-state index contributed by atoms with van der Waals surface area (Å²) in [6, 6.07) is 7.32. The van der Waals surface area contributed by atoms with Crippen molar-refractivity contribution in [1.29, 1.82) is 0 Å². The van der Waals surface area contributed by atoms with Crippen LogP contribution in [0.1, 0.15) is 72.3 Å². The normalized spacial score (nSPS) is 19.5. The molecule has 0 aliphatic heterocycles. The molecule has 3 heteroatoms. The summed E-state index contributed by atoms with van der Waals surface area (Å²) in [5, 5.41) is -0.469. The smallest absolute Gasteiger partial charge is 0.185 e. The van der Waals surface area contributed by atoms with Gasteiger partial charge >= 0.3 is 0 Å². The first kappa shape index (κ1) is 21.0. The Morgan fingerprint density at radius 1 is 1.19 bits per heavy atom. The van der Waals surface area contributed by atoms with Gasteiger partial charge in [0, 0.05) is 0 Å². The second-order valence-electron chi connectivity index (χ2n) is 8.44. The monoisotopic (exact) mass is 374 g/mol. The molecule has 0 bridgehead atoms. The van der Waals surface area contributed by atoms with Crippen molar-refractivity contribution in [2.45, 2.75) is 83.8 Å². The first-order valence-corrected chi connectivity index (χ1v) is 11.3. The maximum atomic E-state index is 13.7. The van der Waals surface area contributed by atoms with Gasteiger partial charge in [-0.3, -0.25) is 0 Å². The second kappa shape index (κ2) is 8.12. The molecule has 2 nitrogen and oxygen atoms in total. The van der Waals surface area contributed by atoms with Crippen molar-refractivity contribution in [1.82, 2.24) is 0 Å². The lowest BCUT2D eigenvalue weighted by Crippen LogP contribution is -2.34. The highest BCUT2D eigenvalue weighted by Gasteiger charge is 2.40. The van der Waals surface area contributed by atoms with Crippen molar-refractivity contribution in [3.63, 3.8) is 0 Å². The third kappa shape index (κ3) is 4.49. The van der Waals surface area contributed by atoms with Crippen LogP contribution >= 0.6 is 0 Å². The zero-order chi connectivity index (χ0) is 19.5. The maximum absolute atomic E-state index is 13.7. The van der Waals surface area contributed by atoms with E-state index in [-0.39, 0.29) is 5.41 Å². The molecular formula is C23H34O2S. The molecule has 0 radical (unpaired) electrons. The summed E-state index contributed by atoms with van der Waals surface area (Å²) in [6.45, 7) is 12.7. The molecule has 0 spiro atoms. The van der Waals surface area contributed by atoms with Gasteiger partial charge in [-0.15, -0.1) is 0 Å². The van der Waals surface area contributed by atoms with Crippen molar-refractivity contribution in [2.24, 2.45) is 5.41 Å². The van der Waals surface area contributed by atoms with E-state index in [1.54, 1.807) is 12.1 Å². The zero-order valence-corrected chi connectivity index (χ0v) is 18.0. The van der Waals surface area contributed by atoms with Gasteiger partial charge in [0.05, 0.1) is 10.1 Å². The van der Waals surface area contributed by atoms with E-state index < -0.39 is 15.1 Å². The Kier molecular flexibility index (Phi) is 6.55. The van der Waals surface area contributed by atoms with Crippen LogP contribution < -0.4 is 0 Å². The van der Waals surface area contributed by atoms with Gasteiger partial charge in [-0.1, -0.05) is 55.7 Å². The van der Waals surface area contributed by atoms with Crippen molar-refractivity contribution in [2.75, 3.05) is 0 Å². The predicted molar refractivity (Wildman–Crippen MR) is 111 cm³/mol. The summed E-state index contributed by atoms with van der Waals surface area (Å²) in [7, 11) is -3.43. The number of hydrogen-bond donors (Lipinski definition) is 0. The van der Waals surface area contributed by atoms with Crippen LogP contribution in [0.4, 0.5) is 0 Å². The molecule has 0 saturated carbocycles. The molecule has 0 saturated heterocycles. The molecule has 26 heavy (non-hydrogen) atoms. The number of allylic oxidation sites excluding steroid dienone is 3. The number of sulfone groups is 1. The van der Waals surface area contributed by atoms with E-state index >= 15 is 0 Å². The molecule has 144 valence electrons. The quantitative estimate of drug-likeness (QED) is 0.539. The number of aryl methyl sites for hydroxylation is 1. The van der Waals surface area contributed by atoms with Crippen LogP contribution in [0.3, 0.4) is 0 Å². The molecule has 0 aromatic heterocycles. The van der Waals surface area contributed by atoms with E-state index in [1.165, 1.54) is 5.57 Å². The van der Waals surface area contributed by atoms with Crippen molar-refractivity contribution in [3.05, 3.63) is 52.6 Å². The van der Waals surface area contributed by atoms with Crippen molar-refractivity contribution >= 4 is 9.84 Å². The topological polar surface area (TPSA) is 34.1 Å². The minimum absolute atomic E-state index is 0.0722. The molecule has 1 aliphatic carbocycles. The Labute approximate surface area is 160 Å². The lowest BCUT2D eigenvalue weighted by atomic mass is 9.70. The Hall–Kier alpha value is -1.35. The van der Waals surface area contributed by atoms with E-state index in [0.717, 1.165) is 42.4 Å². The van der Waals surface area contributed by atoms with Gasteiger partial charge in [0.1, 0.15) is 0 Å². The molecule has 0 amide bonds. The molecule has 1 atom stereocenters. The molecule has 1 aromatic carbocycles. The first-order chi connectivity index (χ1) is 12.1. The lowest BCUT2D eigenvalue weighted by Gasteiger charge is -2.39. The predicted octanol–water partition coefficient (Wildman–Crippen LogP) is 6.41. The SMILES string of the molecule is CC/C=C(\C)CC(C1=C(C)CCCC1(C)C)S(=O)(=O)c1ccc(C)cc1. The molecule has 2 rings (SSSR count). The van der Waals surface area contributed by atoms with Crippen LogP contribution in [0.25, 0.3) is 0 Å². The highest BCUT2D eigenvalue weighted by Crippen LogP contribution is 2.46. The Morgan fingerprint density at radius 2 is 1.81 bits per heavy atom. The average molecular weight is 375 g/mol. The van der Waals surface area contributed by atoms with Crippen molar-refractivity contribution in [3.8, 4) is 0 Å². The largest absolute Gasteiger partial charge is 0.223 e. The van der Waals surface area contributed by atoms with Crippen LogP contribution in [0.2, 0.25) is 0 Å². The number of rotatable bonds is 6. The number of benzene rings is 1. The minimum Gasteiger partial charge on any atom is -0.223 e. The summed E-state index contributed by atoms with van der Waals surface area (Å²) >= 11 is 0. The summed E-state index contributed by atoms with van der Waals surface area (Å²) in [4.78, 5) is 0.444. The van der Waals surface area contributed by atoms with Gasteiger partial charge in [-0.05, 0) is 76.0 Å². The fraction of sp³-hybridized carbons (Fsp3) is 0.565. The minimum atomic E-state index is -3.43. The second-order valence-corrected chi connectivity index (χ2v) is 10.6. The van der Waals surface area contributed by atoms with Crippen LogP contribution in [0.15, 0.2) is 52.0 Å². The maximum Gasteiger partial charge on any atom is 0.185 e. The summed E-state index contributed by atoms with van der Waals surface area (Å²) in [5.74, 6) is 0. The fourth-order valence-electron chi connectivity index (χ4n) is 4.34. The fourth-order valence-corrected chi connectivity index (χ4v) is 6.49. The first-order valence-electron chi connectivity index (χ1n) is 9.76. The van der Waals surface area contributed by atoms with Gasteiger partial charge in [-0.25, -0.2) is 8.42 Å². The highest BCUT2D eigenvalue weighted by atomic mass is 32.2. The average Bonchev–Trinajstić information content (AvgIpc) is 2.53. The van der Waals surface area contributed by atoms with Gasteiger partial charge in [-0.2, -0.15) is 0 Å². The third-order valence-electron chi connectivity index (χ3n) is 5.65. The summed E-state index contributed by atoms with van der Waals surface area (Å²) in [5.41, 5.74) is 4.59. The van der Waals surface area contributed by atoms with E-state index in [0.29, 0.717) is 11.3 Å². The highest BCUT2D eigenvalue weighted by molar-refractivity contribution is 7.92. The Bertz CT molecular complexity index is 793. The summed E-state index contributed by atoms with van der Waals surface area (Å²) < 4.78 is 27.3. The van der Waals surface area contributed by atoms with E-state index in [1.807, 2.05) is 19.1 Å². The van der Waals surface area contributed by atoms with Gasteiger partial charge < -0.3 is 0 Å². The van der Waals surface area contributed by atoms with Gasteiger partial charge in [0.15, 0.2) is 9.84 Å². The van der Waals surface area contributed by atoms with Crippen LogP contribution in [-0.2, 0) is 9.84 Å². The van der Waals surface area contributed by atoms with E-state index in [4.69, 9.17) is 0 Å². The van der Waals surface area contributed by atoms with Crippen LogP contribution in [0.5, 0.6) is 0 Å². The van der Waals surface area contributed by atoms with Crippen LogP contribution in [0, 0.1) is 12.3 Å².